The summed E-state index contributed by atoms with van der Waals surface area (Å²) >= 11 is 0. The number of carbonyl (C=O) groups excluding carboxylic acids is 2. The molecule has 0 saturated heterocycles. The van der Waals surface area contributed by atoms with Gasteiger partial charge < -0.3 is 20.7 Å². The van der Waals surface area contributed by atoms with E-state index < -0.39 is 11.4 Å². The molecule has 4 N–H and O–H groups in total. The smallest absolute Gasteiger partial charge is 0.245 e. The number of phenolic OH excluding ortho intramolecular Hbond substituents is 1. The average Bonchev–Trinajstić information content (AvgIpc) is 3.09. The van der Waals surface area contributed by atoms with E-state index in [1.807, 2.05) is 0 Å². The zero-order valence-corrected chi connectivity index (χ0v) is 16.8. The van der Waals surface area contributed by atoms with Gasteiger partial charge in [-0.2, -0.15) is 0 Å². The number of aromatic nitrogens is 1. The predicted molar refractivity (Wildman–Crippen MR) is 114 cm³/mol. The van der Waals surface area contributed by atoms with Gasteiger partial charge in [0.25, 0.3) is 0 Å². The number of hydrogen-bond donors (Lipinski definition) is 4. The van der Waals surface area contributed by atoms with Gasteiger partial charge in [-0.25, -0.2) is 4.39 Å². The first-order valence-corrected chi connectivity index (χ1v) is 9.58. The Morgan fingerprint density at radius 2 is 1.90 bits per heavy atom. The Kier molecular flexibility index (Phi) is 6.20. The van der Waals surface area contributed by atoms with Gasteiger partial charge in [0, 0.05) is 29.7 Å². The standard InChI is InChI=1S/C23H24FN3O3/c1-23(2,27-21(29)10-5-15-3-7-18(28)8-4-15)22(30)25-12-11-16-14-26-20-9-6-17(24)13-19(16)20/h3-10,13-14,26,28H,11-12H2,1-2H3,(H,25,30)(H,27,29)/b10-5+. The zero-order chi connectivity index (χ0) is 21.7. The van der Waals surface area contributed by atoms with Crippen LogP contribution in [0.1, 0.15) is 25.0 Å². The lowest BCUT2D eigenvalue weighted by Gasteiger charge is -2.24. The van der Waals surface area contributed by atoms with Crippen LogP contribution in [0.4, 0.5) is 4.39 Å². The first-order valence-electron chi connectivity index (χ1n) is 9.58. The lowest BCUT2D eigenvalue weighted by Crippen LogP contribution is -2.54. The highest BCUT2D eigenvalue weighted by molar-refractivity contribution is 5.97. The number of H-pyrrole nitrogens is 1. The van der Waals surface area contributed by atoms with Gasteiger partial charge in [-0.1, -0.05) is 12.1 Å². The molecule has 2 amide bonds. The van der Waals surface area contributed by atoms with Crippen LogP contribution in [0.25, 0.3) is 17.0 Å². The van der Waals surface area contributed by atoms with Gasteiger partial charge in [0.2, 0.25) is 11.8 Å². The van der Waals surface area contributed by atoms with E-state index >= 15 is 0 Å². The molecule has 0 spiro atoms. The highest BCUT2D eigenvalue weighted by Crippen LogP contribution is 2.19. The molecular weight excluding hydrogens is 385 g/mol. The third kappa shape index (κ3) is 5.26. The van der Waals surface area contributed by atoms with Crippen LogP contribution in [-0.4, -0.2) is 34.0 Å². The molecule has 0 bridgehead atoms. The number of carbonyl (C=O) groups is 2. The molecule has 0 aliphatic carbocycles. The Morgan fingerprint density at radius 3 is 2.63 bits per heavy atom. The number of hydrogen-bond acceptors (Lipinski definition) is 3. The fourth-order valence-electron chi connectivity index (χ4n) is 3.05. The average molecular weight is 409 g/mol. The summed E-state index contributed by atoms with van der Waals surface area (Å²) in [6, 6.07) is 10.9. The van der Waals surface area contributed by atoms with E-state index in [1.54, 1.807) is 44.3 Å². The number of halogens is 1. The van der Waals surface area contributed by atoms with Gasteiger partial charge >= 0.3 is 0 Å². The lowest BCUT2D eigenvalue weighted by molar-refractivity contribution is -0.130. The normalized spacial score (nSPS) is 11.7. The molecule has 0 aliphatic rings. The minimum atomic E-state index is -1.11. The molecule has 0 atom stereocenters. The van der Waals surface area contributed by atoms with E-state index in [2.05, 4.69) is 15.6 Å². The molecule has 6 nitrogen and oxygen atoms in total. The monoisotopic (exact) mass is 409 g/mol. The van der Waals surface area contributed by atoms with Crippen LogP contribution in [0.15, 0.2) is 54.7 Å². The van der Waals surface area contributed by atoms with E-state index in [-0.39, 0.29) is 17.5 Å². The summed E-state index contributed by atoms with van der Waals surface area (Å²) in [5.74, 6) is -0.890. The first-order chi connectivity index (χ1) is 14.2. The fourth-order valence-corrected chi connectivity index (χ4v) is 3.05. The molecule has 0 fully saturated rings. The van der Waals surface area contributed by atoms with E-state index in [9.17, 15) is 19.1 Å². The van der Waals surface area contributed by atoms with E-state index in [1.165, 1.54) is 30.3 Å². The summed E-state index contributed by atoms with van der Waals surface area (Å²) in [5.41, 5.74) is 1.39. The lowest BCUT2D eigenvalue weighted by atomic mass is 10.0. The quantitative estimate of drug-likeness (QED) is 0.451. The molecule has 2 aromatic carbocycles. The second-order valence-electron chi connectivity index (χ2n) is 7.55. The maximum atomic E-state index is 13.5. The van der Waals surface area contributed by atoms with Crippen molar-refractivity contribution in [1.82, 2.24) is 15.6 Å². The van der Waals surface area contributed by atoms with Crippen molar-refractivity contribution in [1.29, 1.82) is 0 Å². The third-order valence-electron chi connectivity index (χ3n) is 4.73. The second kappa shape index (κ2) is 8.82. The number of phenols is 1. The fraction of sp³-hybridized carbons (Fsp3) is 0.217. The number of fused-ring (bicyclic) bond motifs is 1. The number of aromatic hydroxyl groups is 1. The Balaban J connectivity index is 1.52. The molecule has 156 valence electrons. The molecular formula is C23H24FN3O3. The largest absolute Gasteiger partial charge is 0.508 e. The molecule has 3 rings (SSSR count). The molecule has 0 aliphatic heterocycles. The summed E-state index contributed by atoms with van der Waals surface area (Å²) in [6.45, 7) is 3.59. The van der Waals surface area contributed by atoms with Crippen LogP contribution >= 0.6 is 0 Å². The van der Waals surface area contributed by atoms with Gasteiger partial charge in [-0.15, -0.1) is 0 Å². The van der Waals surface area contributed by atoms with Crippen molar-refractivity contribution in [2.45, 2.75) is 25.8 Å². The third-order valence-corrected chi connectivity index (χ3v) is 4.73. The van der Waals surface area contributed by atoms with Gasteiger partial charge in [-0.3, -0.25) is 9.59 Å². The number of amides is 2. The van der Waals surface area contributed by atoms with Crippen molar-refractivity contribution in [2.24, 2.45) is 0 Å². The van der Waals surface area contributed by atoms with E-state index in [0.717, 1.165) is 22.0 Å². The summed E-state index contributed by atoms with van der Waals surface area (Å²) in [5, 5.41) is 15.6. The molecule has 3 aromatic rings. The molecule has 7 heteroatoms. The van der Waals surface area contributed by atoms with Crippen molar-refractivity contribution in [2.75, 3.05) is 6.54 Å². The van der Waals surface area contributed by atoms with Crippen molar-refractivity contribution >= 4 is 28.8 Å². The summed E-state index contributed by atoms with van der Waals surface area (Å²) < 4.78 is 13.5. The second-order valence-corrected chi connectivity index (χ2v) is 7.55. The van der Waals surface area contributed by atoms with Crippen LogP contribution in [0, 0.1) is 5.82 Å². The SMILES string of the molecule is CC(C)(NC(=O)/C=C/c1ccc(O)cc1)C(=O)NCCc1c[nH]c2ccc(F)cc12. The van der Waals surface area contributed by atoms with Crippen LogP contribution in [0.5, 0.6) is 5.75 Å². The molecule has 1 heterocycles. The van der Waals surface area contributed by atoms with Crippen molar-refractivity contribution in [3.8, 4) is 5.75 Å². The number of rotatable bonds is 7. The van der Waals surface area contributed by atoms with E-state index in [0.29, 0.717) is 13.0 Å². The van der Waals surface area contributed by atoms with Crippen LogP contribution in [0.2, 0.25) is 0 Å². The number of benzene rings is 2. The van der Waals surface area contributed by atoms with Gasteiger partial charge in [0.05, 0.1) is 0 Å². The molecule has 30 heavy (non-hydrogen) atoms. The number of aromatic amines is 1. The topological polar surface area (TPSA) is 94.2 Å². The summed E-state index contributed by atoms with van der Waals surface area (Å²) in [4.78, 5) is 27.8. The molecule has 0 unspecified atom stereocenters. The van der Waals surface area contributed by atoms with Gasteiger partial charge in [-0.05, 0) is 67.8 Å². The maximum absolute atomic E-state index is 13.5. The van der Waals surface area contributed by atoms with Gasteiger partial charge in [0.1, 0.15) is 17.1 Å². The van der Waals surface area contributed by atoms with Crippen LogP contribution in [0.3, 0.4) is 0 Å². The van der Waals surface area contributed by atoms with Crippen molar-refractivity contribution in [3.63, 3.8) is 0 Å². The zero-order valence-electron chi connectivity index (χ0n) is 16.8. The Hall–Kier alpha value is -3.61. The van der Waals surface area contributed by atoms with Crippen molar-refractivity contribution < 1.29 is 19.1 Å². The highest BCUT2D eigenvalue weighted by atomic mass is 19.1. The van der Waals surface area contributed by atoms with Gasteiger partial charge in [0.15, 0.2) is 0 Å². The molecule has 0 saturated carbocycles. The minimum absolute atomic E-state index is 0.146. The highest BCUT2D eigenvalue weighted by Gasteiger charge is 2.28. The molecule has 0 radical (unpaired) electrons. The van der Waals surface area contributed by atoms with Crippen molar-refractivity contribution in [3.05, 3.63) is 71.7 Å². The molecule has 1 aromatic heterocycles. The van der Waals surface area contributed by atoms with Crippen LogP contribution in [-0.2, 0) is 16.0 Å². The summed E-state index contributed by atoms with van der Waals surface area (Å²) in [6.07, 6.45) is 5.26. The van der Waals surface area contributed by atoms with Crippen LogP contribution < -0.4 is 10.6 Å². The summed E-state index contributed by atoms with van der Waals surface area (Å²) in [7, 11) is 0. The Labute approximate surface area is 173 Å². The Morgan fingerprint density at radius 1 is 1.17 bits per heavy atom. The maximum Gasteiger partial charge on any atom is 0.245 e. The number of nitrogens with one attached hydrogen (secondary N) is 3. The predicted octanol–water partition coefficient (Wildman–Crippen LogP) is 3.28. The Bertz CT molecular complexity index is 1080. The first kappa shape index (κ1) is 21.1. The minimum Gasteiger partial charge on any atom is -0.508 e. The van der Waals surface area contributed by atoms with E-state index in [4.69, 9.17) is 0 Å².